The van der Waals surface area contributed by atoms with Crippen molar-refractivity contribution in [3.05, 3.63) is 36.1 Å². The van der Waals surface area contributed by atoms with E-state index in [1.807, 2.05) is 31.1 Å². The van der Waals surface area contributed by atoms with Gasteiger partial charge in [-0.25, -0.2) is 0 Å². The Morgan fingerprint density at radius 3 is 2.92 bits per heavy atom. The van der Waals surface area contributed by atoms with E-state index in [4.69, 9.17) is 0 Å². The Morgan fingerprint density at radius 1 is 1.42 bits per heavy atom. The van der Waals surface area contributed by atoms with E-state index < -0.39 is 0 Å². The predicted octanol–water partition coefficient (Wildman–Crippen LogP) is 0.540. The normalized spacial score (nSPS) is 28.0. The zero-order valence-electron chi connectivity index (χ0n) is 15.3. The van der Waals surface area contributed by atoms with Crippen molar-refractivity contribution in [2.75, 3.05) is 13.1 Å². The van der Waals surface area contributed by atoms with Gasteiger partial charge in [0.25, 0.3) is 0 Å². The van der Waals surface area contributed by atoms with Crippen LogP contribution in [0.1, 0.15) is 26.7 Å². The lowest BCUT2D eigenvalue weighted by Crippen LogP contribution is -2.46. The maximum absolute atomic E-state index is 12.4. The van der Waals surface area contributed by atoms with Crippen molar-refractivity contribution < 1.29 is 9.59 Å². The maximum Gasteiger partial charge on any atom is 0.249 e. The lowest BCUT2D eigenvalue weighted by Gasteiger charge is -2.31. The number of nitrogens with one attached hydrogen (secondary N) is 4. The SMILES string of the molecule is C=CC(=O)N1CCCC1CNC1=CNC2NC=C(C(=O)NC(C)C)C2P1. The van der Waals surface area contributed by atoms with Gasteiger partial charge in [0.1, 0.15) is 6.17 Å². The largest absolute Gasteiger partial charge is 0.382 e. The number of amides is 2. The van der Waals surface area contributed by atoms with Crippen LogP contribution in [0.4, 0.5) is 0 Å². The van der Waals surface area contributed by atoms with Crippen molar-refractivity contribution in [3.8, 4) is 0 Å². The number of nitrogens with zero attached hydrogens (tertiary/aromatic N) is 1. The molecular formula is C18H28N5O2P. The first-order chi connectivity index (χ1) is 12.5. The van der Waals surface area contributed by atoms with E-state index in [2.05, 4.69) is 27.8 Å². The highest BCUT2D eigenvalue weighted by molar-refractivity contribution is 7.44. The van der Waals surface area contributed by atoms with Crippen LogP contribution in [0.15, 0.2) is 36.1 Å². The number of fused-ring (bicyclic) bond motifs is 1. The molecule has 8 heteroatoms. The van der Waals surface area contributed by atoms with Gasteiger partial charge in [0.15, 0.2) is 0 Å². The zero-order valence-corrected chi connectivity index (χ0v) is 16.3. The second kappa shape index (κ2) is 8.12. The van der Waals surface area contributed by atoms with Crippen LogP contribution < -0.4 is 21.3 Å². The molecule has 26 heavy (non-hydrogen) atoms. The molecule has 0 aromatic carbocycles. The molecule has 0 spiro atoms. The summed E-state index contributed by atoms with van der Waals surface area (Å²) in [6, 6.07) is 0.316. The fraction of sp³-hybridized carbons (Fsp3) is 0.556. The molecule has 7 nitrogen and oxygen atoms in total. The monoisotopic (exact) mass is 377 g/mol. The van der Waals surface area contributed by atoms with Gasteiger partial charge in [-0.2, -0.15) is 0 Å². The van der Waals surface area contributed by atoms with Gasteiger partial charge in [-0.15, -0.1) is 0 Å². The molecule has 4 N–H and O–H groups in total. The van der Waals surface area contributed by atoms with Crippen LogP contribution in [0, 0.1) is 0 Å². The summed E-state index contributed by atoms with van der Waals surface area (Å²) in [5, 5.41) is 13.0. The molecule has 4 atom stereocenters. The van der Waals surface area contributed by atoms with E-state index in [1.54, 1.807) is 0 Å². The van der Waals surface area contributed by atoms with Crippen molar-refractivity contribution in [1.29, 1.82) is 0 Å². The standard InChI is InChI=1S/C18H28N5O2P/c1-4-15(24)23-7-5-6-12(23)8-19-14-10-21-17-16(26-14)13(9-20-17)18(25)22-11(2)3/h4,9-12,16-17,19-21,26H,1,5-8H2,2-3H3,(H,22,25). The van der Waals surface area contributed by atoms with Crippen LogP contribution in [0.25, 0.3) is 0 Å². The third-order valence-electron chi connectivity index (χ3n) is 4.85. The molecule has 3 rings (SSSR count). The number of carbonyl (C=O) groups excluding carboxylic acids is 2. The van der Waals surface area contributed by atoms with Crippen LogP contribution in [0.3, 0.4) is 0 Å². The molecule has 3 aliphatic heterocycles. The highest BCUT2D eigenvalue weighted by Crippen LogP contribution is 2.39. The first kappa shape index (κ1) is 18.8. The Balaban J connectivity index is 1.56. The van der Waals surface area contributed by atoms with Crippen LogP contribution in [-0.2, 0) is 9.59 Å². The first-order valence-corrected chi connectivity index (χ1v) is 10.2. The van der Waals surface area contributed by atoms with E-state index in [0.717, 1.165) is 36.9 Å². The summed E-state index contributed by atoms with van der Waals surface area (Å²) in [5.41, 5.74) is 2.01. The van der Waals surface area contributed by atoms with Crippen LogP contribution in [0.2, 0.25) is 0 Å². The fourth-order valence-corrected chi connectivity index (χ4v) is 5.01. The van der Waals surface area contributed by atoms with Gasteiger partial charge in [0, 0.05) is 48.6 Å². The van der Waals surface area contributed by atoms with Gasteiger partial charge < -0.3 is 26.2 Å². The number of hydrogen-bond acceptors (Lipinski definition) is 5. The van der Waals surface area contributed by atoms with Gasteiger partial charge >= 0.3 is 0 Å². The minimum Gasteiger partial charge on any atom is -0.382 e. The fourth-order valence-electron chi connectivity index (χ4n) is 3.57. The van der Waals surface area contributed by atoms with Crippen molar-refractivity contribution in [3.63, 3.8) is 0 Å². The van der Waals surface area contributed by atoms with E-state index >= 15 is 0 Å². The van der Waals surface area contributed by atoms with Gasteiger partial charge in [0.2, 0.25) is 11.8 Å². The number of hydrogen-bond donors (Lipinski definition) is 4. The minimum absolute atomic E-state index is 0.00290. The average Bonchev–Trinajstić information content (AvgIpc) is 3.25. The second-order valence-corrected chi connectivity index (χ2v) is 8.58. The molecule has 3 heterocycles. The van der Waals surface area contributed by atoms with Crippen LogP contribution in [-0.4, -0.2) is 53.7 Å². The summed E-state index contributed by atoms with van der Waals surface area (Å²) in [7, 11) is 0.478. The zero-order chi connectivity index (χ0) is 18.7. The highest BCUT2D eigenvalue weighted by atomic mass is 31.1. The Labute approximate surface area is 156 Å². The molecule has 1 saturated heterocycles. The molecule has 0 aliphatic carbocycles. The molecule has 0 bridgehead atoms. The van der Waals surface area contributed by atoms with E-state index in [9.17, 15) is 9.59 Å². The van der Waals surface area contributed by atoms with E-state index in [0.29, 0.717) is 8.58 Å². The smallest absolute Gasteiger partial charge is 0.249 e. The minimum atomic E-state index is -0.00547. The summed E-state index contributed by atoms with van der Waals surface area (Å²) in [6.07, 6.45) is 7.30. The molecule has 4 unspecified atom stereocenters. The van der Waals surface area contributed by atoms with Gasteiger partial charge in [0.05, 0.1) is 5.66 Å². The Bertz CT molecular complexity index is 645. The first-order valence-electron chi connectivity index (χ1n) is 9.16. The Morgan fingerprint density at radius 2 is 2.19 bits per heavy atom. The summed E-state index contributed by atoms with van der Waals surface area (Å²) < 4.78 is 0. The quantitative estimate of drug-likeness (QED) is 0.401. The summed E-state index contributed by atoms with van der Waals surface area (Å²) >= 11 is 0. The molecule has 0 radical (unpaired) electrons. The number of carbonyl (C=O) groups is 2. The van der Waals surface area contributed by atoms with Crippen molar-refractivity contribution in [2.45, 2.75) is 50.6 Å². The van der Waals surface area contributed by atoms with Crippen LogP contribution >= 0.6 is 8.58 Å². The Hall–Kier alpha value is -2.01. The molecule has 0 saturated carbocycles. The summed E-state index contributed by atoms with van der Waals surface area (Å²) in [6.45, 7) is 9.04. The van der Waals surface area contributed by atoms with Crippen molar-refractivity contribution in [1.82, 2.24) is 26.2 Å². The van der Waals surface area contributed by atoms with Crippen LogP contribution in [0.5, 0.6) is 0 Å². The third kappa shape index (κ3) is 4.04. The van der Waals surface area contributed by atoms with Gasteiger partial charge in [-0.05, 0) is 32.8 Å². The molecule has 2 amide bonds. The molecule has 0 aromatic heterocycles. The van der Waals surface area contributed by atoms with Crippen molar-refractivity contribution in [2.24, 2.45) is 0 Å². The third-order valence-corrected chi connectivity index (χ3v) is 6.44. The predicted molar refractivity (Wildman–Crippen MR) is 105 cm³/mol. The lowest BCUT2D eigenvalue weighted by atomic mass is 10.1. The van der Waals surface area contributed by atoms with Gasteiger partial charge in [-0.1, -0.05) is 15.2 Å². The van der Waals surface area contributed by atoms with Crippen molar-refractivity contribution >= 4 is 20.4 Å². The molecule has 0 aromatic rings. The summed E-state index contributed by atoms with van der Waals surface area (Å²) in [4.78, 5) is 26.2. The second-order valence-electron chi connectivity index (χ2n) is 7.13. The maximum atomic E-state index is 12.4. The molecule has 1 fully saturated rings. The highest BCUT2D eigenvalue weighted by Gasteiger charge is 2.36. The van der Waals surface area contributed by atoms with E-state index in [-0.39, 0.29) is 35.7 Å². The molecular weight excluding hydrogens is 349 g/mol. The summed E-state index contributed by atoms with van der Waals surface area (Å²) in [5.74, 6) is -0.00257. The number of rotatable bonds is 6. The lowest BCUT2D eigenvalue weighted by molar-refractivity contribution is -0.126. The topological polar surface area (TPSA) is 85.5 Å². The van der Waals surface area contributed by atoms with Gasteiger partial charge in [-0.3, -0.25) is 9.59 Å². The number of likely N-dealkylation sites (tertiary alicyclic amines) is 1. The Kier molecular flexibility index (Phi) is 5.87. The van der Waals surface area contributed by atoms with E-state index in [1.165, 1.54) is 6.08 Å². The molecule has 3 aliphatic rings. The molecule has 142 valence electrons. The average molecular weight is 377 g/mol.